The van der Waals surface area contributed by atoms with Crippen LogP contribution >= 0.6 is 23.2 Å². The second-order valence-electron chi connectivity index (χ2n) is 4.66. The molecular weight excluding hydrogens is 395 g/mol. The van der Waals surface area contributed by atoms with Gasteiger partial charge in [0.1, 0.15) is 0 Å². The highest BCUT2D eigenvalue weighted by Gasteiger charge is 2.24. The van der Waals surface area contributed by atoms with Crippen molar-refractivity contribution in [2.45, 2.75) is 37.9 Å². The van der Waals surface area contributed by atoms with E-state index in [1.807, 2.05) is 0 Å². The largest absolute Gasteiger partial charge is 0.368 e. The molecule has 0 aromatic heterocycles. The molecule has 1 saturated heterocycles. The zero-order chi connectivity index (χ0) is 48.4. The molecule has 2 aliphatic rings. The van der Waals surface area contributed by atoms with Gasteiger partial charge in [-0.2, -0.15) is 0 Å². The summed E-state index contributed by atoms with van der Waals surface area (Å²) in [4.78, 5) is 10.3. The maximum absolute atomic E-state index is 13.3. The van der Waals surface area contributed by atoms with Gasteiger partial charge in [-0.15, -0.1) is 0 Å². The number of halogens is 2. The smallest absolute Gasteiger partial charge is 0.317 e. The first-order valence-corrected chi connectivity index (χ1v) is 7.80. The Balaban J connectivity index is 2.48. The number of hydrogen-bond donors (Lipinski definition) is 1. The Morgan fingerprint density at radius 2 is 2.07 bits per heavy atom. The second kappa shape index (κ2) is 10.0. The number of anilines is 1. The Bertz CT molecular complexity index is 1830. The van der Waals surface area contributed by atoms with E-state index in [2.05, 4.69) is 0 Å². The Morgan fingerprint density at radius 3 is 2.75 bits per heavy atom. The van der Waals surface area contributed by atoms with Gasteiger partial charge in [0.2, 0.25) is 0 Å². The molecule has 28 heavy (non-hydrogen) atoms. The van der Waals surface area contributed by atoms with E-state index in [0.717, 1.165) is 0 Å². The predicted molar refractivity (Wildman–Crippen MR) is 118 cm³/mol. The Labute approximate surface area is 224 Å². The third-order valence-corrected chi connectivity index (χ3v) is 3.58. The summed E-state index contributed by atoms with van der Waals surface area (Å²) in [5.41, 5.74) is -1.41. The summed E-state index contributed by atoms with van der Waals surface area (Å²) in [5.74, 6) is -5.26. The number of carbonyl (C=O) groups excluding carboxylic acids is 1. The number of urea groups is 1. The average molecular weight is 460 g/mol. The fraction of sp³-hybridized carbons (Fsp3) is 0.667. The van der Waals surface area contributed by atoms with Crippen LogP contribution in [0.4, 0.5) is 10.5 Å². The van der Waals surface area contributed by atoms with Crippen LogP contribution in [0.2, 0.25) is 11.5 Å². The Hall–Kier alpha value is -1.17. The molecule has 5 nitrogen and oxygen atoms in total. The molecule has 0 unspecified atom stereocenters. The van der Waals surface area contributed by atoms with Crippen molar-refractivity contribution in [3.8, 4) is 0 Å². The summed E-state index contributed by atoms with van der Waals surface area (Å²) in [6.45, 7) is -31.5. The minimum Gasteiger partial charge on any atom is -0.368 e. The molecule has 0 atom stereocenters. The van der Waals surface area contributed by atoms with Crippen LogP contribution in [0.3, 0.4) is 0 Å². The fourth-order valence-corrected chi connectivity index (χ4v) is 1.93. The molecule has 7 heteroatoms. The van der Waals surface area contributed by atoms with Gasteiger partial charge in [-0.25, -0.2) is 4.79 Å². The lowest BCUT2D eigenvalue weighted by atomic mass is 9.84. The van der Waals surface area contributed by atoms with Gasteiger partial charge in [0, 0.05) is 77.5 Å². The molecule has 0 radical (unpaired) electrons. The maximum atomic E-state index is 13.3. The van der Waals surface area contributed by atoms with Gasteiger partial charge in [0.05, 0.1) is 26.7 Å². The molecule has 2 amide bonds. The molecule has 1 aromatic rings. The molecule has 2 fully saturated rings. The first-order chi connectivity index (χ1) is 25.9. The summed E-state index contributed by atoms with van der Waals surface area (Å²) in [7, 11) is 0. The SMILES string of the molecule is [2H]c1c([2H])c(Cl)c(Cl)c(N2C([2H])([2H])C([2H])([2H])N(C([2H])([2H])C([2H])([2H])C3([2H])C([2H])([2H])C([2H])([2H])C([2H])(N([2H])C(=O)N(C([2H])([2H])[2H])C([2H])([2H])[2H])C([2H])([2H])C3([2H])[2H])C([2H])([2H])C2([2H])[2H])c1[2H]. The van der Waals surface area contributed by atoms with E-state index in [-0.39, 0.29) is 0 Å². The zero-order valence-corrected chi connectivity index (χ0v) is 15.0. The number of amides is 2. The highest BCUT2D eigenvalue weighted by molar-refractivity contribution is 6.43. The summed E-state index contributed by atoms with van der Waals surface area (Å²) in [6.07, 6.45) is -25.6. The summed E-state index contributed by atoms with van der Waals surface area (Å²) < 4.78 is 269. The number of rotatable bonds is 5. The van der Waals surface area contributed by atoms with Gasteiger partial charge in [-0.1, -0.05) is 29.2 Å². The van der Waals surface area contributed by atoms with Crippen molar-refractivity contribution in [2.75, 3.05) is 51.3 Å². The molecule has 1 aliphatic heterocycles. The monoisotopic (exact) mass is 458 g/mol. The first kappa shape index (κ1) is 4.84. The Kier molecular flexibility index (Phi) is 1.73. The molecule has 1 aromatic carbocycles. The number of hydrogen-bond acceptors (Lipinski definition) is 3. The van der Waals surface area contributed by atoms with Crippen molar-refractivity contribution in [1.82, 2.24) is 15.1 Å². The minimum atomic E-state index is -5.28. The highest BCUT2D eigenvalue weighted by Crippen LogP contribution is 2.33. The summed E-state index contributed by atoms with van der Waals surface area (Å²) in [5, 5.41) is -3.55. The first-order valence-electron chi connectivity index (χ1n) is 23.0. The van der Waals surface area contributed by atoms with Gasteiger partial charge >= 0.3 is 6.03 Å². The van der Waals surface area contributed by atoms with Crippen LogP contribution in [0.25, 0.3) is 0 Å². The zero-order valence-electron chi connectivity index (χ0n) is 45.5. The van der Waals surface area contributed by atoms with E-state index in [1.165, 1.54) is 0 Å². The van der Waals surface area contributed by atoms with Gasteiger partial charge in [-0.05, 0) is 56.3 Å². The van der Waals surface area contributed by atoms with Crippen LogP contribution < -0.4 is 10.2 Å². The number of nitrogens with zero attached hydrogens (tertiary/aromatic N) is 3. The molecule has 1 heterocycles. The van der Waals surface area contributed by atoms with Crippen molar-refractivity contribution in [3.05, 3.63) is 28.2 Å². The molecule has 1 aliphatic carbocycles. The van der Waals surface area contributed by atoms with Gasteiger partial charge in [-0.3, -0.25) is 4.90 Å². The van der Waals surface area contributed by atoms with Gasteiger partial charge < -0.3 is 15.1 Å². The number of carbonyl (C=O) groups is 1. The predicted octanol–water partition coefficient (Wildman–Crippen LogP) is 4.34. The quantitative estimate of drug-likeness (QED) is 0.712. The maximum Gasteiger partial charge on any atom is 0.317 e. The highest BCUT2D eigenvalue weighted by atomic mass is 35.5. The van der Waals surface area contributed by atoms with Crippen molar-refractivity contribution < 1.29 is 48.7 Å². The van der Waals surface area contributed by atoms with Crippen LogP contribution in [0, 0.1) is 5.89 Å². The van der Waals surface area contributed by atoms with E-state index in [0.29, 0.717) is 0 Å². The Morgan fingerprint density at radius 1 is 1.36 bits per heavy atom. The molecule has 156 valence electrons. The lowest BCUT2D eigenvalue weighted by Crippen LogP contribution is -2.47. The molecule has 0 spiro atoms. The molecule has 0 bridgehead atoms. The third kappa shape index (κ3) is 5.68. The lowest BCUT2D eigenvalue weighted by molar-refractivity contribution is 0.194. The average Bonchev–Trinajstić information content (AvgIpc) is 3.03. The van der Waals surface area contributed by atoms with E-state index in [1.54, 1.807) is 0 Å². The standard InChI is InChI=1S/C21H32Cl2N4O/c1-25(2)21(28)24-17-8-6-16(7-9-17)10-11-26-12-14-27(15-13-26)19-5-3-4-18(22)20(19)23/h3-5,16-17H,6-15H2,1-2H3,(H,24,28)/i1D3,2D3,3D,4D,5D,6D2,7D2,8D2,9D2,10D2,11D2,12D2,13D2,14D2,15D2,16D,17D/hD. The molecular formula is C21H32Cl2N4O. The lowest BCUT2D eigenvalue weighted by Gasteiger charge is -2.37. The van der Waals surface area contributed by atoms with E-state index in [9.17, 15) is 4.79 Å². The summed E-state index contributed by atoms with van der Waals surface area (Å²) >= 11 is 12.0. The van der Waals surface area contributed by atoms with Crippen LogP contribution in [0.5, 0.6) is 0 Å². The summed E-state index contributed by atoms with van der Waals surface area (Å²) in [6, 6.07) is -11.3. The number of nitrogens with one attached hydrogen (secondary N) is 1. The van der Waals surface area contributed by atoms with E-state index < -0.39 is 150 Å². The van der Waals surface area contributed by atoms with Crippen LogP contribution in [0.15, 0.2) is 18.1 Å². The minimum absolute atomic E-state index is 0.570. The number of benzene rings is 1. The van der Waals surface area contributed by atoms with Gasteiger partial charge in [0.25, 0.3) is 0 Å². The normalized spacial score (nSPS) is 61.9. The molecule has 3 rings (SSSR count). The van der Waals surface area contributed by atoms with Crippen molar-refractivity contribution in [1.29, 1.82) is 0 Å². The van der Waals surface area contributed by atoms with Crippen molar-refractivity contribution in [2.24, 2.45) is 5.89 Å². The van der Waals surface area contributed by atoms with Crippen molar-refractivity contribution in [3.63, 3.8) is 0 Å². The second-order valence-corrected chi connectivity index (χ2v) is 5.42. The van der Waals surface area contributed by atoms with Crippen molar-refractivity contribution >= 4 is 34.9 Å². The topological polar surface area (TPSA) is 38.8 Å². The van der Waals surface area contributed by atoms with E-state index in [4.69, 9.17) is 67.1 Å². The van der Waals surface area contributed by atoms with Crippen LogP contribution in [-0.2, 0) is 0 Å². The van der Waals surface area contributed by atoms with Gasteiger partial charge in [0.15, 0.2) is 1.41 Å². The van der Waals surface area contributed by atoms with Crippen LogP contribution in [-0.4, -0.2) is 68.3 Å². The fourth-order valence-electron chi connectivity index (χ4n) is 1.62. The molecule has 1 saturated carbocycles. The van der Waals surface area contributed by atoms with Crippen LogP contribution in [0.1, 0.15) is 74.4 Å². The van der Waals surface area contributed by atoms with E-state index >= 15 is 0 Å². The molecule has 1 N–H and O–H groups in total. The third-order valence-electron chi connectivity index (χ3n) is 2.83. The number of piperazine rings is 1.